The molecule has 0 aliphatic carbocycles. The lowest BCUT2D eigenvalue weighted by Gasteiger charge is -2.07. The van der Waals surface area contributed by atoms with Crippen molar-refractivity contribution in [1.29, 1.82) is 0 Å². The van der Waals surface area contributed by atoms with Crippen molar-refractivity contribution < 1.29 is 17.9 Å². The zero-order valence-electron chi connectivity index (χ0n) is 16.5. The lowest BCUT2D eigenvalue weighted by atomic mass is 10.2. The molecule has 0 fully saturated rings. The molecule has 1 aromatic heterocycles. The quantitative estimate of drug-likeness (QED) is 0.592. The SMILES string of the molecule is O=C(CCN=C1NS(=O)(=O)c2ccccc21)Nc1ccc(OCc2ccccc2)nc1. The molecular formula is C22H20N4O4S. The van der Waals surface area contributed by atoms with Gasteiger partial charge in [0.2, 0.25) is 11.8 Å². The number of sulfonamides is 1. The number of aliphatic imine (C=N–C) groups is 1. The van der Waals surface area contributed by atoms with Crippen molar-refractivity contribution in [2.75, 3.05) is 11.9 Å². The number of rotatable bonds is 7. The van der Waals surface area contributed by atoms with E-state index in [4.69, 9.17) is 4.74 Å². The average Bonchev–Trinajstić information content (AvgIpc) is 3.04. The summed E-state index contributed by atoms with van der Waals surface area (Å²) in [5.41, 5.74) is 2.09. The highest BCUT2D eigenvalue weighted by Crippen LogP contribution is 2.22. The van der Waals surface area contributed by atoms with E-state index in [1.54, 1.807) is 30.3 Å². The van der Waals surface area contributed by atoms with Gasteiger partial charge < -0.3 is 10.1 Å². The molecule has 8 nitrogen and oxygen atoms in total. The Labute approximate surface area is 180 Å². The third kappa shape index (κ3) is 5.07. The van der Waals surface area contributed by atoms with E-state index in [1.165, 1.54) is 12.3 Å². The van der Waals surface area contributed by atoms with E-state index in [2.05, 4.69) is 20.0 Å². The maximum Gasteiger partial charge on any atom is 0.263 e. The summed E-state index contributed by atoms with van der Waals surface area (Å²) in [6, 6.07) is 19.7. The van der Waals surface area contributed by atoms with Crippen molar-refractivity contribution in [3.63, 3.8) is 0 Å². The number of carbonyl (C=O) groups is 1. The molecule has 0 spiro atoms. The van der Waals surface area contributed by atoms with Crippen molar-refractivity contribution in [3.05, 3.63) is 84.1 Å². The van der Waals surface area contributed by atoms with Crippen LogP contribution in [-0.2, 0) is 21.4 Å². The number of benzene rings is 2. The van der Waals surface area contributed by atoms with Crippen LogP contribution < -0.4 is 14.8 Å². The summed E-state index contributed by atoms with van der Waals surface area (Å²) in [6.45, 7) is 0.552. The highest BCUT2D eigenvalue weighted by Gasteiger charge is 2.29. The summed E-state index contributed by atoms with van der Waals surface area (Å²) in [5, 5.41) is 2.74. The van der Waals surface area contributed by atoms with Gasteiger partial charge in [0.15, 0.2) is 0 Å². The van der Waals surface area contributed by atoms with Crippen molar-refractivity contribution in [2.24, 2.45) is 4.99 Å². The van der Waals surface area contributed by atoms with Crippen molar-refractivity contribution in [2.45, 2.75) is 17.9 Å². The van der Waals surface area contributed by atoms with Crippen molar-refractivity contribution in [1.82, 2.24) is 9.71 Å². The molecule has 1 aliphatic heterocycles. The summed E-state index contributed by atoms with van der Waals surface area (Å²) in [7, 11) is -3.58. The summed E-state index contributed by atoms with van der Waals surface area (Å²) in [5.74, 6) is 0.462. The predicted molar refractivity (Wildman–Crippen MR) is 116 cm³/mol. The Balaban J connectivity index is 1.28. The molecule has 158 valence electrons. The monoisotopic (exact) mass is 436 g/mol. The van der Waals surface area contributed by atoms with Gasteiger partial charge in [0, 0.05) is 18.1 Å². The van der Waals surface area contributed by atoms with Gasteiger partial charge in [-0.05, 0) is 23.8 Å². The van der Waals surface area contributed by atoms with Crippen LogP contribution in [0.15, 0.2) is 82.8 Å². The van der Waals surface area contributed by atoms with Gasteiger partial charge >= 0.3 is 0 Å². The van der Waals surface area contributed by atoms with E-state index in [-0.39, 0.29) is 29.6 Å². The van der Waals surface area contributed by atoms with E-state index in [9.17, 15) is 13.2 Å². The number of amidine groups is 1. The second-order valence-electron chi connectivity index (χ2n) is 6.79. The highest BCUT2D eigenvalue weighted by atomic mass is 32.2. The largest absolute Gasteiger partial charge is 0.473 e. The van der Waals surface area contributed by atoms with Gasteiger partial charge in [-0.1, -0.05) is 42.5 Å². The van der Waals surface area contributed by atoms with Crippen LogP contribution in [0, 0.1) is 0 Å². The summed E-state index contributed by atoms with van der Waals surface area (Å²) in [4.78, 5) is 20.8. The fraction of sp³-hybridized carbons (Fsp3) is 0.136. The van der Waals surface area contributed by atoms with Crippen LogP contribution in [0.4, 0.5) is 5.69 Å². The molecule has 4 rings (SSSR count). The Morgan fingerprint density at radius 1 is 1.03 bits per heavy atom. The van der Waals surface area contributed by atoms with Crippen LogP contribution in [0.5, 0.6) is 5.88 Å². The molecule has 0 saturated heterocycles. The minimum atomic E-state index is -3.58. The number of fused-ring (bicyclic) bond motifs is 1. The molecule has 2 N–H and O–H groups in total. The molecule has 3 aromatic rings. The minimum absolute atomic E-state index is 0.0969. The molecule has 31 heavy (non-hydrogen) atoms. The van der Waals surface area contributed by atoms with E-state index < -0.39 is 10.0 Å². The highest BCUT2D eigenvalue weighted by molar-refractivity contribution is 7.90. The Kier molecular flexibility index (Phi) is 5.94. The zero-order valence-corrected chi connectivity index (χ0v) is 17.3. The molecule has 1 amide bonds. The standard InChI is InChI=1S/C22H20N4O4S/c27-20(12-13-23-22-18-8-4-5-9-19(18)31(28,29)26-22)25-17-10-11-21(24-14-17)30-15-16-6-2-1-3-7-16/h1-11,14H,12-13,15H2,(H,23,26)(H,25,27). The van der Waals surface area contributed by atoms with Gasteiger partial charge in [-0.15, -0.1) is 0 Å². The van der Waals surface area contributed by atoms with E-state index in [1.807, 2.05) is 30.3 Å². The number of nitrogens with zero attached hydrogens (tertiary/aromatic N) is 2. The number of ether oxygens (including phenoxy) is 1. The van der Waals surface area contributed by atoms with Crippen molar-refractivity contribution >= 4 is 27.5 Å². The van der Waals surface area contributed by atoms with Crippen LogP contribution in [0.3, 0.4) is 0 Å². The first-order chi connectivity index (χ1) is 15.0. The topological polar surface area (TPSA) is 110 Å². The summed E-state index contributed by atoms with van der Waals surface area (Å²) in [6.07, 6.45) is 1.62. The molecule has 0 unspecified atom stereocenters. The smallest absolute Gasteiger partial charge is 0.263 e. The van der Waals surface area contributed by atoms with Gasteiger partial charge in [-0.3, -0.25) is 14.5 Å². The van der Waals surface area contributed by atoms with E-state index >= 15 is 0 Å². The average molecular weight is 436 g/mol. The van der Waals surface area contributed by atoms with Crippen LogP contribution in [-0.4, -0.2) is 31.7 Å². The van der Waals surface area contributed by atoms with Gasteiger partial charge in [-0.2, -0.15) is 0 Å². The first kappa shape index (κ1) is 20.5. The number of hydrogen-bond donors (Lipinski definition) is 2. The second kappa shape index (κ2) is 8.97. The van der Waals surface area contributed by atoms with E-state index in [0.29, 0.717) is 23.7 Å². The number of carbonyl (C=O) groups excluding carboxylic acids is 1. The molecule has 0 radical (unpaired) electrons. The third-order valence-corrected chi connectivity index (χ3v) is 5.92. The maximum atomic E-state index is 12.2. The predicted octanol–water partition coefficient (Wildman–Crippen LogP) is 2.73. The van der Waals surface area contributed by atoms with E-state index in [0.717, 1.165) is 5.56 Å². The Morgan fingerprint density at radius 2 is 1.81 bits per heavy atom. The normalized spacial score (nSPS) is 15.2. The molecule has 2 heterocycles. The number of pyridine rings is 1. The lowest BCUT2D eigenvalue weighted by Crippen LogP contribution is -2.23. The molecule has 0 atom stereocenters. The molecule has 1 aliphatic rings. The zero-order chi connectivity index (χ0) is 21.7. The molecule has 0 bridgehead atoms. The lowest BCUT2D eigenvalue weighted by molar-refractivity contribution is -0.116. The van der Waals surface area contributed by atoms with Crippen LogP contribution >= 0.6 is 0 Å². The fourth-order valence-electron chi connectivity index (χ4n) is 3.02. The second-order valence-corrected chi connectivity index (χ2v) is 8.44. The third-order valence-electron chi connectivity index (χ3n) is 4.52. The fourth-order valence-corrected chi connectivity index (χ4v) is 4.27. The summed E-state index contributed by atoms with van der Waals surface area (Å²) < 4.78 is 32.2. The maximum absolute atomic E-state index is 12.2. The van der Waals surface area contributed by atoms with Gasteiger partial charge in [0.1, 0.15) is 12.4 Å². The van der Waals surface area contributed by atoms with Gasteiger partial charge in [0.05, 0.1) is 23.3 Å². The first-order valence-electron chi connectivity index (χ1n) is 9.60. The van der Waals surface area contributed by atoms with Crippen LogP contribution in [0.2, 0.25) is 0 Å². The number of nitrogens with one attached hydrogen (secondary N) is 2. The Morgan fingerprint density at radius 3 is 2.58 bits per heavy atom. The number of aromatic nitrogens is 1. The van der Waals surface area contributed by atoms with Crippen molar-refractivity contribution in [3.8, 4) is 5.88 Å². The van der Waals surface area contributed by atoms with Gasteiger partial charge in [-0.25, -0.2) is 13.4 Å². The van der Waals surface area contributed by atoms with Crippen LogP contribution in [0.25, 0.3) is 0 Å². The molecular weight excluding hydrogens is 416 g/mol. The Bertz CT molecular complexity index is 1210. The van der Waals surface area contributed by atoms with Crippen LogP contribution in [0.1, 0.15) is 17.5 Å². The molecule has 0 saturated carbocycles. The Hall–Kier alpha value is -3.72. The number of hydrogen-bond acceptors (Lipinski definition) is 6. The number of anilines is 1. The summed E-state index contributed by atoms with van der Waals surface area (Å²) >= 11 is 0. The number of amides is 1. The first-order valence-corrected chi connectivity index (χ1v) is 11.1. The molecule has 2 aromatic carbocycles. The molecule has 9 heteroatoms. The minimum Gasteiger partial charge on any atom is -0.473 e. The van der Waals surface area contributed by atoms with Gasteiger partial charge in [0.25, 0.3) is 10.0 Å².